The first kappa shape index (κ1) is 23.6. The van der Waals surface area contributed by atoms with Crippen molar-refractivity contribution in [3.8, 4) is 5.75 Å². The maximum atomic E-state index is 12.6. The number of carbonyl (C=O) groups excluding carboxylic acids is 2. The van der Waals surface area contributed by atoms with Crippen LogP contribution in [0.4, 0.5) is 0 Å². The molecule has 2 fully saturated rings. The van der Waals surface area contributed by atoms with Crippen LogP contribution in [0.5, 0.6) is 5.75 Å². The number of alkyl halides is 1. The van der Waals surface area contributed by atoms with Crippen LogP contribution in [0.2, 0.25) is 0 Å². The second-order valence-electron chi connectivity index (χ2n) is 10.5. The summed E-state index contributed by atoms with van der Waals surface area (Å²) in [5.74, 6) is 2.02. The van der Waals surface area contributed by atoms with Crippen LogP contribution in [0.1, 0.15) is 78.4 Å². The first-order valence-corrected chi connectivity index (χ1v) is 13.7. The highest BCUT2D eigenvalue weighted by atomic mass is 79.9. The monoisotopic (exact) mass is 524 g/mol. The van der Waals surface area contributed by atoms with Crippen LogP contribution in [0.15, 0.2) is 42.5 Å². The van der Waals surface area contributed by atoms with Gasteiger partial charge in [0.05, 0.1) is 12.0 Å². The predicted octanol–water partition coefficient (Wildman–Crippen LogP) is 6.77. The average Bonchev–Trinajstić information content (AvgIpc) is 3.15. The molecule has 2 aromatic carbocycles. The van der Waals surface area contributed by atoms with Crippen molar-refractivity contribution in [2.24, 2.45) is 17.3 Å². The summed E-state index contributed by atoms with van der Waals surface area (Å²) in [5.41, 5.74) is 4.68. The van der Waals surface area contributed by atoms with Gasteiger partial charge in [-0.3, -0.25) is 4.79 Å². The third kappa shape index (κ3) is 4.21. The van der Waals surface area contributed by atoms with E-state index in [1.165, 1.54) is 16.7 Å². The van der Waals surface area contributed by atoms with E-state index in [2.05, 4.69) is 35.8 Å². The van der Waals surface area contributed by atoms with Crippen LogP contribution in [-0.2, 0) is 16.0 Å². The molecule has 0 aliphatic heterocycles. The molecule has 0 amide bonds. The van der Waals surface area contributed by atoms with Crippen LogP contribution in [0.3, 0.4) is 0 Å². The number of esters is 2. The van der Waals surface area contributed by atoms with Gasteiger partial charge in [-0.05, 0) is 104 Å². The molecule has 5 heteroatoms. The van der Waals surface area contributed by atoms with Gasteiger partial charge in [0.2, 0.25) is 0 Å². The molecule has 0 radical (unpaired) electrons. The van der Waals surface area contributed by atoms with Gasteiger partial charge in [-0.2, -0.15) is 0 Å². The van der Waals surface area contributed by atoms with E-state index in [1.807, 2.05) is 24.3 Å². The van der Waals surface area contributed by atoms with Gasteiger partial charge in [0, 0.05) is 10.7 Å². The molecular formula is C29H33BrO4. The summed E-state index contributed by atoms with van der Waals surface area (Å²) in [7, 11) is 0. The van der Waals surface area contributed by atoms with Gasteiger partial charge in [-0.25, -0.2) is 4.79 Å². The lowest BCUT2D eigenvalue weighted by Crippen LogP contribution is -2.45. The molecule has 0 saturated heterocycles. The Balaban J connectivity index is 1.35. The fourth-order valence-electron chi connectivity index (χ4n) is 7.18. The second kappa shape index (κ2) is 9.49. The van der Waals surface area contributed by atoms with Crippen LogP contribution in [0.25, 0.3) is 0 Å². The summed E-state index contributed by atoms with van der Waals surface area (Å²) in [6.45, 7) is 4.52. The molecule has 0 heterocycles. The SMILES string of the molecule is Cc1cc(OC(=O)c2ccccc2)cc2c1[C@H]1CC[C@]3(C)[C@@H](OC(=O)CCBr)CC[C@H]3[C@@H]1CC2. The molecule has 5 atom stereocenters. The van der Waals surface area contributed by atoms with E-state index in [4.69, 9.17) is 9.47 Å². The normalized spacial score (nSPS) is 29.5. The second-order valence-corrected chi connectivity index (χ2v) is 11.3. The van der Waals surface area contributed by atoms with Crippen LogP contribution in [-0.4, -0.2) is 23.4 Å². The van der Waals surface area contributed by atoms with Gasteiger partial charge in [-0.15, -0.1) is 0 Å². The largest absolute Gasteiger partial charge is 0.462 e. The zero-order valence-electron chi connectivity index (χ0n) is 20.0. The van der Waals surface area contributed by atoms with Gasteiger partial charge < -0.3 is 9.47 Å². The lowest BCUT2D eigenvalue weighted by molar-refractivity contribution is -0.157. The number of hydrogen-bond acceptors (Lipinski definition) is 4. The minimum absolute atomic E-state index is 0.0484. The number of benzene rings is 2. The number of carbonyl (C=O) groups is 2. The fourth-order valence-corrected chi connectivity index (χ4v) is 7.51. The standard InChI is InChI=1S/C29H33BrO4/c1-18-16-21(33-28(32)19-6-4-3-5-7-19)17-20-8-9-22-23(27(18)20)12-14-29(2)24(22)10-11-25(29)34-26(31)13-15-30/h3-7,16-17,22-25H,8-15H2,1-2H3/t22-,23+,24+,25+,29+/m1/s1. The molecule has 0 bridgehead atoms. The van der Waals surface area contributed by atoms with Crippen LogP contribution >= 0.6 is 15.9 Å². The van der Waals surface area contributed by atoms with E-state index in [-0.39, 0.29) is 23.5 Å². The van der Waals surface area contributed by atoms with Crippen molar-refractivity contribution in [1.82, 2.24) is 0 Å². The van der Waals surface area contributed by atoms with Gasteiger partial charge in [0.25, 0.3) is 0 Å². The van der Waals surface area contributed by atoms with Gasteiger partial charge in [0.15, 0.2) is 0 Å². The van der Waals surface area contributed by atoms with E-state index in [0.29, 0.717) is 40.8 Å². The molecule has 3 aliphatic carbocycles. The number of halogens is 1. The lowest BCUT2D eigenvalue weighted by Gasteiger charge is -2.50. The molecule has 180 valence electrons. The van der Waals surface area contributed by atoms with Crippen molar-refractivity contribution in [2.75, 3.05) is 5.33 Å². The third-order valence-corrected chi connectivity index (χ3v) is 9.10. The number of aryl methyl sites for hydroxylation is 2. The molecule has 4 nitrogen and oxygen atoms in total. The van der Waals surface area contributed by atoms with Crippen molar-refractivity contribution in [3.05, 3.63) is 64.7 Å². The average molecular weight is 525 g/mol. The summed E-state index contributed by atoms with van der Waals surface area (Å²) in [5, 5.41) is 0.655. The van der Waals surface area contributed by atoms with Crippen molar-refractivity contribution < 1.29 is 19.1 Å². The maximum absolute atomic E-state index is 12.6. The minimum atomic E-state index is -0.312. The zero-order valence-corrected chi connectivity index (χ0v) is 21.6. The lowest BCUT2D eigenvalue weighted by atomic mass is 9.55. The zero-order chi connectivity index (χ0) is 23.9. The number of hydrogen-bond donors (Lipinski definition) is 0. The summed E-state index contributed by atoms with van der Waals surface area (Å²) in [6.07, 6.45) is 6.99. The van der Waals surface area contributed by atoms with Gasteiger partial charge in [-0.1, -0.05) is 41.1 Å². The molecule has 5 rings (SSSR count). The van der Waals surface area contributed by atoms with Gasteiger partial charge in [0.1, 0.15) is 11.9 Å². The third-order valence-electron chi connectivity index (χ3n) is 8.71. The molecular weight excluding hydrogens is 492 g/mol. The summed E-state index contributed by atoms with van der Waals surface area (Å²) >= 11 is 3.35. The Morgan fingerprint density at radius 3 is 2.65 bits per heavy atom. The first-order chi connectivity index (χ1) is 16.4. The highest BCUT2D eigenvalue weighted by Gasteiger charge is 2.56. The summed E-state index contributed by atoms with van der Waals surface area (Å²) in [6, 6.07) is 13.3. The number of ether oxygens (including phenoxy) is 2. The van der Waals surface area contributed by atoms with E-state index in [0.717, 1.165) is 38.5 Å². The molecule has 0 N–H and O–H groups in total. The van der Waals surface area contributed by atoms with E-state index in [1.54, 1.807) is 12.1 Å². The fraction of sp³-hybridized carbons (Fsp3) is 0.517. The Bertz CT molecular complexity index is 1080. The van der Waals surface area contributed by atoms with Crippen molar-refractivity contribution in [1.29, 1.82) is 0 Å². The summed E-state index contributed by atoms with van der Waals surface area (Å²) < 4.78 is 11.7. The van der Waals surface area contributed by atoms with E-state index >= 15 is 0 Å². The predicted molar refractivity (Wildman–Crippen MR) is 135 cm³/mol. The van der Waals surface area contributed by atoms with Gasteiger partial charge >= 0.3 is 11.9 Å². The highest BCUT2D eigenvalue weighted by molar-refractivity contribution is 9.09. The smallest absolute Gasteiger partial charge is 0.343 e. The molecule has 34 heavy (non-hydrogen) atoms. The Hall–Kier alpha value is -2.14. The van der Waals surface area contributed by atoms with E-state index < -0.39 is 0 Å². The molecule has 0 spiro atoms. The van der Waals surface area contributed by atoms with Crippen molar-refractivity contribution in [3.63, 3.8) is 0 Å². The van der Waals surface area contributed by atoms with Crippen LogP contribution in [0, 0.1) is 24.2 Å². The van der Waals surface area contributed by atoms with Crippen LogP contribution < -0.4 is 4.74 Å². The summed E-state index contributed by atoms with van der Waals surface area (Å²) in [4.78, 5) is 24.8. The topological polar surface area (TPSA) is 52.6 Å². The Morgan fingerprint density at radius 1 is 1.09 bits per heavy atom. The molecule has 2 saturated carbocycles. The van der Waals surface area contributed by atoms with Crippen molar-refractivity contribution >= 4 is 27.9 Å². The number of fused-ring (bicyclic) bond motifs is 5. The molecule has 2 aromatic rings. The first-order valence-electron chi connectivity index (χ1n) is 12.6. The minimum Gasteiger partial charge on any atom is -0.462 e. The Labute approximate surface area is 210 Å². The highest BCUT2D eigenvalue weighted by Crippen LogP contribution is 2.62. The quantitative estimate of drug-likeness (QED) is 0.246. The molecule has 0 aromatic heterocycles. The molecule has 0 unspecified atom stereocenters. The Morgan fingerprint density at radius 2 is 1.88 bits per heavy atom. The van der Waals surface area contributed by atoms with Crippen molar-refractivity contribution in [2.45, 2.75) is 70.8 Å². The molecule has 3 aliphatic rings. The Kier molecular flexibility index (Phi) is 6.58. The maximum Gasteiger partial charge on any atom is 0.343 e. The van der Waals surface area contributed by atoms with E-state index in [9.17, 15) is 9.59 Å². The number of rotatable bonds is 5.